The van der Waals surface area contributed by atoms with Crippen LogP contribution in [0.4, 0.5) is 0 Å². The van der Waals surface area contributed by atoms with E-state index in [4.69, 9.17) is 11.2 Å². The van der Waals surface area contributed by atoms with E-state index in [2.05, 4.69) is 5.92 Å². The van der Waals surface area contributed by atoms with Crippen LogP contribution in [0.3, 0.4) is 0 Å². The minimum Gasteiger partial charge on any atom is -0.390 e. The SMILES string of the molecule is C#CCO[C@H]1CCCC[C@H]1O. The molecule has 0 aromatic carbocycles. The Labute approximate surface area is 67.6 Å². The predicted octanol–water partition coefficient (Wildman–Crippen LogP) is 0.940. The minimum absolute atomic E-state index is 0.0141. The summed E-state index contributed by atoms with van der Waals surface area (Å²) in [5, 5.41) is 9.40. The second kappa shape index (κ2) is 4.38. The molecule has 0 aromatic rings. The van der Waals surface area contributed by atoms with Crippen LogP contribution in [0.2, 0.25) is 0 Å². The van der Waals surface area contributed by atoms with Gasteiger partial charge in [0.05, 0.1) is 12.2 Å². The Balaban J connectivity index is 2.25. The van der Waals surface area contributed by atoms with Crippen molar-refractivity contribution < 1.29 is 9.84 Å². The predicted molar refractivity (Wildman–Crippen MR) is 43.0 cm³/mol. The maximum atomic E-state index is 9.40. The molecule has 0 bridgehead atoms. The molecule has 2 atom stereocenters. The average molecular weight is 154 g/mol. The van der Waals surface area contributed by atoms with Crippen molar-refractivity contribution in [3.8, 4) is 12.3 Å². The van der Waals surface area contributed by atoms with E-state index in [0.717, 1.165) is 25.7 Å². The van der Waals surface area contributed by atoms with Crippen LogP contribution in [-0.2, 0) is 4.74 Å². The largest absolute Gasteiger partial charge is 0.390 e. The van der Waals surface area contributed by atoms with E-state index in [1.807, 2.05) is 0 Å². The zero-order valence-electron chi connectivity index (χ0n) is 6.62. The van der Waals surface area contributed by atoms with E-state index in [0.29, 0.717) is 6.61 Å². The number of terminal acetylenes is 1. The van der Waals surface area contributed by atoms with Gasteiger partial charge in [0.1, 0.15) is 6.61 Å². The smallest absolute Gasteiger partial charge is 0.107 e. The zero-order chi connectivity index (χ0) is 8.10. The van der Waals surface area contributed by atoms with Crippen molar-refractivity contribution >= 4 is 0 Å². The molecule has 0 heterocycles. The number of ether oxygens (including phenoxy) is 1. The third-order valence-corrected chi connectivity index (χ3v) is 2.05. The van der Waals surface area contributed by atoms with Crippen LogP contribution >= 0.6 is 0 Å². The van der Waals surface area contributed by atoms with Crippen LogP contribution in [0.25, 0.3) is 0 Å². The summed E-state index contributed by atoms with van der Waals surface area (Å²) in [5.74, 6) is 2.40. The summed E-state index contributed by atoms with van der Waals surface area (Å²) < 4.78 is 5.26. The van der Waals surface area contributed by atoms with Gasteiger partial charge in [0.15, 0.2) is 0 Å². The van der Waals surface area contributed by atoms with Crippen molar-refractivity contribution in [2.24, 2.45) is 0 Å². The highest BCUT2D eigenvalue weighted by atomic mass is 16.5. The van der Waals surface area contributed by atoms with Gasteiger partial charge >= 0.3 is 0 Å². The molecule has 0 radical (unpaired) electrons. The van der Waals surface area contributed by atoms with E-state index in [9.17, 15) is 5.11 Å². The van der Waals surface area contributed by atoms with Crippen LogP contribution < -0.4 is 0 Å². The Morgan fingerprint density at radius 2 is 2.18 bits per heavy atom. The topological polar surface area (TPSA) is 29.5 Å². The summed E-state index contributed by atoms with van der Waals surface area (Å²) in [7, 11) is 0. The van der Waals surface area contributed by atoms with E-state index in [1.54, 1.807) is 0 Å². The molecule has 0 aliphatic heterocycles. The van der Waals surface area contributed by atoms with Crippen molar-refractivity contribution in [3.63, 3.8) is 0 Å². The molecule has 0 unspecified atom stereocenters. The Kier molecular flexibility index (Phi) is 3.41. The standard InChI is InChI=1S/C9H14O2/c1-2-7-11-9-6-4-3-5-8(9)10/h1,8-10H,3-7H2/t8-,9+/m1/s1. The number of rotatable bonds is 2. The molecule has 0 aromatic heterocycles. The summed E-state index contributed by atoms with van der Waals surface area (Å²) in [6.07, 6.45) is 8.78. The van der Waals surface area contributed by atoms with Crippen LogP contribution in [-0.4, -0.2) is 23.9 Å². The molecular weight excluding hydrogens is 140 g/mol. The van der Waals surface area contributed by atoms with Gasteiger partial charge in [0.25, 0.3) is 0 Å². The lowest BCUT2D eigenvalue weighted by molar-refractivity contribution is -0.0472. The Morgan fingerprint density at radius 1 is 1.45 bits per heavy atom. The van der Waals surface area contributed by atoms with Crippen LogP contribution in [0, 0.1) is 12.3 Å². The molecule has 2 heteroatoms. The second-order valence-corrected chi connectivity index (χ2v) is 2.91. The van der Waals surface area contributed by atoms with E-state index < -0.39 is 0 Å². The minimum atomic E-state index is -0.294. The Morgan fingerprint density at radius 3 is 2.82 bits per heavy atom. The average Bonchev–Trinajstić information content (AvgIpc) is 2.03. The van der Waals surface area contributed by atoms with Gasteiger partial charge in [-0.3, -0.25) is 0 Å². The van der Waals surface area contributed by atoms with Gasteiger partial charge in [-0.15, -0.1) is 6.42 Å². The summed E-state index contributed by atoms with van der Waals surface area (Å²) in [5.41, 5.74) is 0. The molecule has 11 heavy (non-hydrogen) atoms. The van der Waals surface area contributed by atoms with Gasteiger partial charge in [-0.2, -0.15) is 0 Å². The molecule has 1 saturated carbocycles. The molecule has 0 amide bonds. The monoisotopic (exact) mass is 154 g/mol. The van der Waals surface area contributed by atoms with Crippen molar-refractivity contribution in [2.45, 2.75) is 37.9 Å². The lowest BCUT2D eigenvalue weighted by Gasteiger charge is -2.26. The molecule has 0 saturated heterocycles. The van der Waals surface area contributed by atoms with Gasteiger partial charge in [0.2, 0.25) is 0 Å². The van der Waals surface area contributed by atoms with Crippen LogP contribution in [0.5, 0.6) is 0 Å². The Bertz CT molecular complexity index is 148. The summed E-state index contributed by atoms with van der Waals surface area (Å²) in [6, 6.07) is 0. The van der Waals surface area contributed by atoms with Crippen molar-refractivity contribution in [1.82, 2.24) is 0 Å². The first-order chi connectivity index (χ1) is 5.34. The van der Waals surface area contributed by atoms with Gasteiger partial charge in [-0.25, -0.2) is 0 Å². The normalized spacial score (nSPS) is 31.3. The summed E-state index contributed by atoms with van der Waals surface area (Å²) in [6.45, 7) is 0.321. The summed E-state index contributed by atoms with van der Waals surface area (Å²) in [4.78, 5) is 0. The van der Waals surface area contributed by atoms with Crippen molar-refractivity contribution in [2.75, 3.05) is 6.61 Å². The highest BCUT2D eigenvalue weighted by Crippen LogP contribution is 2.20. The third-order valence-electron chi connectivity index (χ3n) is 2.05. The quantitative estimate of drug-likeness (QED) is 0.600. The number of hydrogen-bond donors (Lipinski definition) is 1. The maximum Gasteiger partial charge on any atom is 0.107 e. The fourth-order valence-corrected chi connectivity index (χ4v) is 1.43. The molecule has 1 aliphatic rings. The first kappa shape index (κ1) is 8.58. The summed E-state index contributed by atoms with van der Waals surface area (Å²) >= 11 is 0. The second-order valence-electron chi connectivity index (χ2n) is 2.91. The van der Waals surface area contributed by atoms with Crippen molar-refractivity contribution in [1.29, 1.82) is 0 Å². The first-order valence-corrected chi connectivity index (χ1v) is 4.07. The lowest BCUT2D eigenvalue weighted by Crippen LogP contribution is -2.32. The molecular formula is C9H14O2. The van der Waals surface area contributed by atoms with Gasteiger partial charge < -0.3 is 9.84 Å². The van der Waals surface area contributed by atoms with Crippen LogP contribution in [0.1, 0.15) is 25.7 Å². The fraction of sp³-hybridized carbons (Fsp3) is 0.778. The molecule has 1 fully saturated rings. The molecule has 1 N–H and O–H groups in total. The first-order valence-electron chi connectivity index (χ1n) is 4.07. The van der Waals surface area contributed by atoms with E-state index in [1.165, 1.54) is 0 Å². The van der Waals surface area contributed by atoms with Gasteiger partial charge in [-0.05, 0) is 12.8 Å². The fourth-order valence-electron chi connectivity index (χ4n) is 1.43. The molecule has 62 valence electrons. The van der Waals surface area contributed by atoms with Gasteiger partial charge in [-0.1, -0.05) is 18.8 Å². The number of hydrogen-bond acceptors (Lipinski definition) is 2. The lowest BCUT2D eigenvalue weighted by atomic mass is 9.95. The van der Waals surface area contributed by atoms with E-state index >= 15 is 0 Å². The molecule has 1 aliphatic carbocycles. The Hall–Kier alpha value is -0.520. The highest BCUT2D eigenvalue weighted by molar-refractivity contribution is 4.85. The molecule has 0 spiro atoms. The third kappa shape index (κ3) is 2.53. The highest BCUT2D eigenvalue weighted by Gasteiger charge is 2.22. The van der Waals surface area contributed by atoms with E-state index in [-0.39, 0.29) is 12.2 Å². The van der Waals surface area contributed by atoms with Crippen molar-refractivity contribution in [3.05, 3.63) is 0 Å². The van der Waals surface area contributed by atoms with Gasteiger partial charge in [0, 0.05) is 0 Å². The van der Waals surface area contributed by atoms with Crippen LogP contribution in [0.15, 0.2) is 0 Å². The maximum absolute atomic E-state index is 9.40. The molecule has 2 nitrogen and oxygen atoms in total. The number of aliphatic hydroxyl groups excluding tert-OH is 1. The number of aliphatic hydroxyl groups is 1. The molecule has 1 rings (SSSR count). The zero-order valence-corrected chi connectivity index (χ0v) is 6.62.